The average Bonchev–Trinajstić information content (AvgIpc) is 3.18. The molecule has 1 N–H and O–H groups in total. The van der Waals surface area contributed by atoms with Crippen LogP contribution in [0.2, 0.25) is 0 Å². The Morgan fingerprint density at radius 2 is 2.03 bits per heavy atom. The Balaban J connectivity index is 1.70. The van der Waals surface area contributed by atoms with E-state index in [1.165, 1.54) is 11.1 Å². The number of nitrogens with one attached hydrogen (secondary N) is 1. The standard InChI is InChI=1S/C25H26N4O2S/c1-5-13-31-23(30)21-18(4)26-24-27-25(32-15-19-11-8-9-16(2)14-19)28-29(24)22(21)20-12-7-6-10-17(20)3/h5-12,14,22H,1,13,15H2,2-4H3,(H,26,27,28)/t22-/m1/s1. The molecule has 0 aliphatic carbocycles. The molecule has 0 fully saturated rings. The number of nitrogens with zero attached hydrogens (tertiary/aromatic N) is 3. The molecular formula is C25H26N4O2S. The van der Waals surface area contributed by atoms with Crippen molar-refractivity contribution in [1.29, 1.82) is 0 Å². The summed E-state index contributed by atoms with van der Waals surface area (Å²) in [6.45, 7) is 9.77. The van der Waals surface area contributed by atoms with Gasteiger partial charge in [-0.3, -0.25) is 0 Å². The maximum absolute atomic E-state index is 13.0. The molecule has 2 aromatic carbocycles. The van der Waals surface area contributed by atoms with Crippen molar-refractivity contribution in [3.05, 3.63) is 94.7 Å². The average molecular weight is 447 g/mol. The topological polar surface area (TPSA) is 69.0 Å². The van der Waals surface area contributed by atoms with E-state index in [0.717, 1.165) is 16.9 Å². The lowest BCUT2D eigenvalue weighted by atomic mass is 9.93. The molecule has 0 saturated carbocycles. The second-order valence-corrected chi connectivity index (χ2v) is 8.69. The number of fused-ring (bicyclic) bond motifs is 1. The van der Waals surface area contributed by atoms with Gasteiger partial charge in [-0.2, -0.15) is 4.98 Å². The van der Waals surface area contributed by atoms with Gasteiger partial charge >= 0.3 is 5.97 Å². The molecule has 3 aromatic rings. The maximum Gasteiger partial charge on any atom is 0.338 e. The van der Waals surface area contributed by atoms with Gasteiger partial charge in [0, 0.05) is 11.4 Å². The summed E-state index contributed by atoms with van der Waals surface area (Å²) < 4.78 is 7.20. The third-order valence-corrected chi connectivity index (χ3v) is 6.23. The van der Waals surface area contributed by atoms with Crippen LogP contribution in [0.1, 0.15) is 35.2 Å². The van der Waals surface area contributed by atoms with Crippen LogP contribution < -0.4 is 5.32 Å². The van der Waals surface area contributed by atoms with Crippen molar-refractivity contribution in [2.45, 2.75) is 37.7 Å². The number of carbonyl (C=O) groups excluding carboxylic acids is 1. The zero-order valence-electron chi connectivity index (χ0n) is 18.5. The molecule has 0 saturated heterocycles. The van der Waals surface area contributed by atoms with Crippen molar-refractivity contribution >= 4 is 23.7 Å². The number of hydrogen-bond acceptors (Lipinski definition) is 6. The third-order valence-electron chi connectivity index (χ3n) is 5.32. The summed E-state index contributed by atoms with van der Waals surface area (Å²) in [6, 6.07) is 16.0. The zero-order valence-corrected chi connectivity index (χ0v) is 19.3. The van der Waals surface area contributed by atoms with E-state index in [4.69, 9.17) is 14.8 Å². The molecule has 164 valence electrons. The molecule has 2 heterocycles. The first kappa shape index (κ1) is 21.9. The zero-order chi connectivity index (χ0) is 22.7. The van der Waals surface area contributed by atoms with Crippen molar-refractivity contribution in [3.8, 4) is 0 Å². The van der Waals surface area contributed by atoms with Crippen molar-refractivity contribution in [1.82, 2.24) is 14.8 Å². The normalized spacial score (nSPS) is 15.2. The van der Waals surface area contributed by atoms with E-state index in [1.807, 2.05) is 38.1 Å². The van der Waals surface area contributed by atoms with Crippen LogP contribution in [0.3, 0.4) is 0 Å². The van der Waals surface area contributed by atoms with E-state index < -0.39 is 12.0 Å². The Kier molecular flexibility index (Phi) is 6.46. The number of rotatable bonds is 7. The van der Waals surface area contributed by atoms with Crippen molar-refractivity contribution in [2.75, 3.05) is 11.9 Å². The molecule has 0 amide bonds. The lowest BCUT2D eigenvalue weighted by Crippen LogP contribution is -2.30. The van der Waals surface area contributed by atoms with Crippen LogP contribution in [0, 0.1) is 13.8 Å². The minimum atomic E-state index is -0.425. The van der Waals surface area contributed by atoms with Gasteiger partial charge in [-0.15, -0.1) is 5.10 Å². The Hall–Kier alpha value is -3.32. The van der Waals surface area contributed by atoms with Gasteiger partial charge in [-0.05, 0) is 37.5 Å². The van der Waals surface area contributed by atoms with Crippen LogP contribution >= 0.6 is 11.8 Å². The lowest BCUT2D eigenvalue weighted by molar-refractivity contribution is -0.138. The molecule has 0 unspecified atom stereocenters. The molecule has 0 radical (unpaired) electrons. The van der Waals surface area contributed by atoms with E-state index >= 15 is 0 Å². The fourth-order valence-electron chi connectivity index (χ4n) is 3.80. The predicted octanol–water partition coefficient (Wildman–Crippen LogP) is 5.21. The fraction of sp³-hybridized carbons (Fsp3) is 0.240. The number of ether oxygens (including phenoxy) is 1. The van der Waals surface area contributed by atoms with Gasteiger partial charge in [0.1, 0.15) is 12.6 Å². The number of thioether (sulfide) groups is 1. The van der Waals surface area contributed by atoms with Gasteiger partial charge in [-0.1, -0.05) is 78.5 Å². The molecule has 32 heavy (non-hydrogen) atoms. The lowest BCUT2D eigenvalue weighted by Gasteiger charge is -2.29. The van der Waals surface area contributed by atoms with Crippen molar-refractivity contribution in [2.24, 2.45) is 0 Å². The number of esters is 1. The van der Waals surface area contributed by atoms with E-state index in [-0.39, 0.29) is 6.61 Å². The number of aryl methyl sites for hydroxylation is 2. The molecule has 1 aliphatic rings. The molecule has 1 atom stereocenters. The van der Waals surface area contributed by atoms with Crippen molar-refractivity contribution < 1.29 is 9.53 Å². The first-order valence-corrected chi connectivity index (χ1v) is 11.4. The van der Waals surface area contributed by atoms with E-state index in [0.29, 0.717) is 22.4 Å². The summed E-state index contributed by atoms with van der Waals surface area (Å²) in [6.07, 6.45) is 1.56. The number of allylic oxidation sites excluding steroid dienone is 1. The first-order valence-electron chi connectivity index (χ1n) is 10.4. The Labute approximate surface area is 192 Å². The fourth-order valence-corrected chi connectivity index (χ4v) is 4.57. The molecule has 1 aliphatic heterocycles. The SMILES string of the molecule is C=CCOC(=O)C1=C(C)Nc2nc(SCc3cccc(C)c3)nn2[C@@H]1c1ccccc1C. The van der Waals surface area contributed by atoms with Gasteiger partial charge in [-0.25, -0.2) is 9.48 Å². The summed E-state index contributed by atoms with van der Waals surface area (Å²) in [5, 5.41) is 8.68. The number of benzene rings is 2. The molecule has 0 bridgehead atoms. The first-order chi connectivity index (χ1) is 15.5. The number of aromatic nitrogens is 3. The van der Waals surface area contributed by atoms with Gasteiger partial charge in [0.15, 0.2) is 0 Å². The molecule has 4 rings (SSSR count). The van der Waals surface area contributed by atoms with Gasteiger partial charge in [0.2, 0.25) is 11.1 Å². The van der Waals surface area contributed by atoms with Crippen LogP contribution in [0.25, 0.3) is 0 Å². The Bertz CT molecular complexity index is 1200. The molecule has 6 nitrogen and oxygen atoms in total. The van der Waals surface area contributed by atoms with Crippen LogP contribution in [-0.2, 0) is 15.3 Å². The van der Waals surface area contributed by atoms with Crippen LogP contribution in [0.15, 0.2) is 77.6 Å². The maximum atomic E-state index is 13.0. The second kappa shape index (κ2) is 9.44. The number of carbonyl (C=O) groups is 1. The van der Waals surface area contributed by atoms with Crippen LogP contribution in [-0.4, -0.2) is 27.3 Å². The monoisotopic (exact) mass is 446 g/mol. The smallest absolute Gasteiger partial charge is 0.338 e. The van der Waals surface area contributed by atoms with Crippen LogP contribution in [0.5, 0.6) is 0 Å². The highest BCUT2D eigenvalue weighted by Crippen LogP contribution is 2.38. The van der Waals surface area contributed by atoms with Gasteiger partial charge < -0.3 is 10.1 Å². The highest BCUT2D eigenvalue weighted by Gasteiger charge is 2.35. The number of hydrogen-bond donors (Lipinski definition) is 1. The van der Waals surface area contributed by atoms with E-state index in [1.54, 1.807) is 22.5 Å². The highest BCUT2D eigenvalue weighted by atomic mass is 32.2. The molecule has 1 aromatic heterocycles. The Morgan fingerprint density at radius 1 is 1.22 bits per heavy atom. The Morgan fingerprint density at radius 3 is 2.78 bits per heavy atom. The van der Waals surface area contributed by atoms with Gasteiger partial charge in [0.25, 0.3) is 0 Å². The predicted molar refractivity (Wildman–Crippen MR) is 128 cm³/mol. The highest BCUT2D eigenvalue weighted by molar-refractivity contribution is 7.98. The van der Waals surface area contributed by atoms with Gasteiger partial charge in [0.05, 0.1) is 5.57 Å². The molecule has 7 heteroatoms. The summed E-state index contributed by atoms with van der Waals surface area (Å²) in [5.41, 5.74) is 5.73. The summed E-state index contributed by atoms with van der Waals surface area (Å²) in [7, 11) is 0. The largest absolute Gasteiger partial charge is 0.458 e. The van der Waals surface area contributed by atoms with Crippen molar-refractivity contribution in [3.63, 3.8) is 0 Å². The quantitative estimate of drug-likeness (QED) is 0.305. The summed E-state index contributed by atoms with van der Waals surface area (Å²) in [4.78, 5) is 17.7. The second-order valence-electron chi connectivity index (χ2n) is 7.75. The number of anilines is 1. The minimum Gasteiger partial charge on any atom is -0.458 e. The van der Waals surface area contributed by atoms with E-state index in [9.17, 15) is 4.79 Å². The molecular weight excluding hydrogens is 420 g/mol. The molecule has 0 spiro atoms. The third kappa shape index (κ3) is 4.48. The summed E-state index contributed by atoms with van der Waals surface area (Å²) in [5.74, 6) is 0.988. The minimum absolute atomic E-state index is 0.151. The summed E-state index contributed by atoms with van der Waals surface area (Å²) >= 11 is 1.57. The van der Waals surface area contributed by atoms with E-state index in [2.05, 4.69) is 43.1 Å². The van der Waals surface area contributed by atoms with Crippen LogP contribution in [0.4, 0.5) is 5.95 Å².